The Bertz CT molecular complexity index is 1040. The van der Waals surface area contributed by atoms with Crippen LogP contribution in [0.25, 0.3) is 10.9 Å². The van der Waals surface area contributed by atoms with Crippen molar-refractivity contribution in [3.05, 3.63) is 81.8 Å². The van der Waals surface area contributed by atoms with Crippen molar-refractivity contribution in [3.8, 4) is 0 Å². The fourth-order valence-corrected chi connectivity index (χ4v) is 4.21. The average molecular weight is 458 g/mol. The molecule has 3 aromatic rings. The lowest BCUT2D eigenvalue weighted by Crippen LogP contribution is -2.31. The van der Waals surface area contributed by atoms with Gasteiger partial charge in [0.15, 0.2) is 5.82 Å². The summed E-state index contributed by atoms with van der Waals surface area (Å²) in [6.45, 7) is 4.09. The van der Waals surface area contributed by atoms with Crippen molar-refractivity contribution in [2.45, 2.75) is 25.1 Å². The zero-order valence-corrected chi connectivity index (χ0v) is 19.6. The predicted octanol–water partition coefficient (Wildman–Crippen LogP) is 4.11. The van der Waals surface area contributed by atoms with Gasteiger partial charge in [-0.15, -0.1) is 0 Å². The van der Waals surface area contributed by atoms with Gasteiger partial charge in [-0.3, -0.25) is 10.1 Å². The van der Waals surface area contributed by atoms with Crippen molar-refractivity contribution >= 4 is 22.7 Å². The smallest absolute Gasteiger partial charge is 0.274 e. The maximum absolute atomic E-state index is 11.0. The van der Waals surface area contributed by atoms with Crippen LogP contribution in [0.1, 0.15) is 29.9 Å². The van der Waals surface area contributed by atoms with Crippen LogP contribution in [0.3, 0.4) is 0 Å². The third-order valence-corrected chi connectivity index (χ3v) is 5.96. The molecule has 9 heteroatoms. The Labute approximate surface area is 192 Å². The van der Waals surface area contributed by atoms with Crippen LogP contribution < -0.4 is 10.6 Å². The summed E-state index contributed by atoms with van der Waals surface area (Å²) in [4.78, 5) is 15.9. The molecular weight excluding hydrogens is 426 g/mol. The number of hydrogen-bond donors (Lipinski definition) is 3. The van der Waals surface area contributed by atoms with Crippen LogP contribution in [-0.4, -0.2) is 47.7 Å². The lowest BCUT2D eigenvalue weighted by molar-refractivity contribution is -0.404. The van der Waals surface area contributed by atoms with Gasteiger partial charge in [-0.05, 0) is 37.9 Å². The van der Waals surface area contributed by atoms with E-state index in [1.54, 1.807) is 11.8 Å². The summed E-state index contributed by atoms with van der Waals surface area (Å²) in [7, 11) is 4.02. The molecule has 0 fully saturated rings. The number of para-hydroxylation sites is 1. The fraction of sp³-hybridized carbons (Fsp3) is 0.391. The van der Waals surface area contributed by atoms with E-state index in [4.69, 9.17) is 4.42 Å². The maximum Gasteiger partial charge on any atom is 0.274 e. The lowest BCUT2D eigenvalue weighted by Gasteiger charge is -2.15. The predicted molar refractivity (Wildman–Crippen MR) is 130 cm³/mol. The molecule has 3 rings (SSSR count). The second-order valence-corrected chi connectivity index (χ2v) is 9.09. The molecule has 0 aliphatic carbocycles. The summed E-state index contributed by atoms with van der Waals surface area (Å²) in [5.74, 6) is 4.08. The van der Waals surface area contributed by atoms with E-state index in [-0.39, 0.29) is 5.92 Å². The van der Waals surface area contributed by atoms with Gasteiger partial charge < -0.3 is 24.9 Å². The molecule has 0 amide bonds. The molecular formula is C23H31N5O3S. The van der Waals surface area contributed by atoms with Gasteiger partial charge in [0, 0.05) is 41.9 Å². The van der Waals surface area contributed by atoms with Crippen LogP contribution in [0.15, 0.2) is 59.0 Å². The minimum Gasteiger partial charge on any atom is -0.464 e. The molecule has 0 radical (unpaired) electrons. The number of fused-ring (bicyclic) bond motifs is 1. The van der Waals surface area contributed by atoms with Gasteiger partial charge in [0.25, 0.3) is 6.20 Å². The Morgan fingerprint density at radius 1 is 1.25 bits per heavy atom. The quantitative estimate of drug-likeness (QED) is 0.202. The summed E-state index contributed by atoms with van der Waals surface area (Å²) in [6.07, 6.45) is 3.00. The number of nitro groups is 1. The molecule has 1 aromatic carbocycles. The Morgan fingerprint density at radius 2 is 2.03 bits per heavy atom. The van der Waals surface area contributed by atoms with E-state index in [1.165, 1.54) is 10.9 Å². The molecule has 0 saturated carbocycles. The zero-order valence-electron chi connectivity index (χ0n) is 18.8. The Hall–Kier alpha value is -2.91. The van der Waals surface area contributed by atoms with Crippen LogP contribution in [-0.2, 0) is 12.3 Å². The first-order valence-corrected chi connectivity index (χ1v) is 11.8. The molecule has 32 heavy (non-hydrogen) atoms. The second-order valence-electron chi connectivity index (χ2n) is 7.98. The van der Waals surface area contributed by atoms with Crippen LogP contribution >= 0.6 is 11.8 Å². The second kappa shape index (κ2) is 11.6. The van der Waals surface area contributed by atoms with Gasteiger partial charge in [0.1, 0.15) is 11.5 Å². The van der Waals surface area contributed by atoms with Crippen molar-refractivity contribution in [2.75, 3.05) is 32.9 Å². The highest BCUT2D eigenvalue weighted by atomic mass is 32.2. The van der Waals surface area contributed by atoms with Crippen molar-refractivity contribution in [1.29, 1.82) is 0 Å². The van der Waals surface area contributed by atoms with E-state index in [0.717, 1.165) is 41.3 Å². The molecule has 0 aliphatic heterocycles. The lowest BCUT2D eigenvalue weighted by atomic mass is 10.0. The molecule has 1 atom stereocenters. The van der Waals surface area contributed by atoms with Crippen molar-refractivity contribution in [2.24, 2.45) is 0 Å². The van der Waals surface area contributed by atoms with Crippen LogP contribution in [0.4, 0.5) is 0 Å². The van der Waals surface area contributed by atoms with Gasteiger partial charge >= 0.3 is 0 Å². The van der Waals surface area contributed by atoms with Gasteiger partial charge in [0.05, 0.1) is 17.2 Å². The van der Waals surface area contributed by atoms with Crippen LogP contribution in [0.5, 0.6) is 0 Å². The normalized spacial score (nSPS) is 12.9. The minimum atomic E-state index is -0.437. The molecule has 0 aliphatic rings. The average Bonchev–Trinajstić information content (AvgIpc) is 3.37. The van der Waals surface area contributed by atoms with Crippen LogP contribution in [0, 0.1) is 10.1 Å². The zero-order chi connectivity index (χ0) is 22.9. The first-order chi connectivity index (χ1) is 15.4. The molecule has 2 aromatic heterocycles. The van der Waals surface area contributed by atoms with E-state index < -0.39 is 4.92 Å². The Kier molecular flexibility index (Phi) is 8.64. The summed E-state index contributed by atoms with van der Waals surface area (Å²) in [5, 5.41) is 18.6. The monoisotopic (exact) mass is 457 g/mol. The van der Waals surface area contributed by atoms with E-state index >= 15 is 0 Å². The highest BCUT2D eigenvalue weighted by molar-refractivity contribution is 7.98. The number of aromatic nitrogens is 1. The van der Waals surface area contributed by atoms with E-state index in [9.17, 15) is 10.1 Å². The molecule has 8 nitrogen and oxygen atoms in total. The number of rotatable bonds is 13. The van der Waals surface area contributed by atoms with Crippen LogP contribution in [0.2, 0.25) is 0 Å². The van der Waals surface area contributed by atoms with Gasteiger partial charge in [-0.2, -0.15) is 11.8 Å². The summed E-state index contributed by atoms with van der Waals surface area (Å²) in [6, 6.07) is 12.2. The highest BCUT2D eigenvalue weighted by Gasteiger charge is 2.12. The first-order valence-electron chi connectivity index (χ1n) is 10.6. The number of hydrogen-bond acceptors (Lipinski definition) is 7. The first kappa shape index (κ1) is 23.7. The molecule has 1 unspecified atom stereocenters. The number of nitrogens with zero attached hydrogens (tertiary/aromatic N) is 2. The number of furan rings is 1. The number of aromatic amines is 1. The van der Waals surface area contributed by atoms with E-state index in [0.29, 0.717) is 18.9 Å². The standard InChI is InChI=1S/C23H31N5O3S/c1-17(21-13-25-22-7-5-4-6-20(21)22)12-26-23(15-28(29)30)24-10-11-32-16-19-9-8-18(31-19)14-27(2)3/h4-9,13,15,17,24-26H,10-12,14,16H2,1-3H3. The van der Waals surface area contributed by atoms with Crippen molar-refractivity contribution in [1.82, 2.24) is 20.5 Å². The topological polar surface area (TPSA) is 99.4 Å². The number of nitrogens with one attached hydrogen (secondary N) is 3. The molecule has 0 bridgehead atoms. The molecule has 0 spiro atoms. The van der Waals surface area contributed by atoms with Gasteiger partial charge in [-0.25, -0.2) is 0 Å². The largest absolute Gasteiger partial charge is 0.464 e. The third kappa shape index (κ3) is 7.06. The molecule has 2 heterocycles. The van der Waals surface area contributed by atoms with Crippen molar-refractivity contribution in [3.63, 3.8) is 0 Å². The number of H-pyrrole nitrogens is 1. The maximum atomic E-state index is 11.0. The SMILES string of the molecule is CC(CNC(=C[N+](=O)[O-])NCCSCc1ccc(CN(C)C)o1)c1c[nH]c2ccccc12. The fourth-order valence-electron chi connectivity index (χ4n) is 3.46. The van der Waals surface area contributed by atoms with E-state index in [2.05, 4.69) is 33.5 Å². The molecule has 0 saturated heterocycles. The van der Waals surface area contributed by atoms with E-state index in [1.807, 2.05) is 50.6 Å². The number of benzene rings is 1. The third-order valence-electron chi connectivity index (χ3n) is 4.98. The molecule has 172 valence electrons. The molecule has 3 N–H and O–H groups in total. The Balaban J connectivity index is 1.44. The Morgan fingerprint density at radius 3 is 2.81 bits per heavy atom. The summed E-state index contributed by atoms with van der Waals surface area (Å²) in [5.41, 5.74) is 2.28. The number of thioether (sulfide) groups is 1. The summed E-state index contributed by atoms with van der Waals surface area (Å²) >= 11 is 1.72. The van der Waals surface area contributed by atoms with Gasteiger partial charge in [-0.1, -0.05) is 25.1 Å². The highest BCUT2D eigenvalue weighted by Crippen LogP contribution is 2.25. The van der Waals surface area contributed by atoms with Crippen molar-refractivity contribution < 1.29 is 9.34 Å². The summed E-state index contributed by atoms with van der Waals surface area (Å²) < 4.78 is 5.81. The minimum absolute atomic E-state index is 0.188. The van der Waals surface area contributed by atoms with Gasteiger partial charge in [0.2, 0.25) is 0 Å².